The number of anilines is 1. The zero-order valence-corrected chi connectivity index (χ0v) is 19.2. The Kier molecular flexibility index (Phi) is 6.73. The van der Waals surface area contributed by atoms with Gasteiger partial charge in [0.05, 0.1) is 18.5 Å². The molecule has 8 nitrogen and oxygen atoms in total. The number of amides is 1. The molecule has 1 aliphatic heterocycles. The van der Waals surface area contributed by atoms with Crippen LogP contribution in [0.15, 0.2) is 52.9 Å². The van der Waals surface area contributed by atoms with Crippen molar-refractivity contribution in [2.24, 2.45) is 0 Å². The average Bonchev–Trinajstić information content (AvgIpc) is 3.50. The SMILES string of the molecule is COc1ccc(/C=C/C(=O)Nc2nc(-c3ccc[nH]3)cs2)cc1S(=O)(=O)N1CCCCC1. The minimum absolute atomic E-state index is 0.111. The minimum atomic E-state index is -3.67. The van der Waals surface area contributed by atoms with E-state index < -0.39 is 10.0 Å². The summed E-state index contributed by atoms with van der Waals surface area (Å²) in [4.78, 5) is 19.9. The van der Waals surface area contributed by atoms with Gasteiger partial charge in [-0.05, 0) is 48.7 Å². The Morgan fingerprint density at radius 2 is 2.06 bits per heavy atom. The van der Waals surface area contributed by atoms with E-state index in [9.17, 15) is 13.2 Å². The van der Waals surface area contributed by atoms with Crippen LogP contribution in [0.25, 0.3) is 17.5 Å². The topological polar surface area (TPSA) is 104 Å². The predicted molar refractivity (Wildman–Crippen MR) is 125 cm³/mol. The molecule has 1 fully saturated rings. The smallest absolute Gasteiger partial charge is 0.250 e. The van der Waals surface area contributed by atoms with Crippen molar-refractivity contribution in [3.05, 3.63) is 53.5 Å². The molecule has 10 heteroatoms. The second-order valence-corrected chi connectivity index (χ2v) is 10.1. The summed E-state index contributed by atoms with van der Waals surface area (Å²) in [6.07, 6.45) is 7.47. The predicted octanol–water partition coefficient (Wildman–Crippen LogP) is 3.97. The fraction of sp³-hybridized carbons (Fsp3) is 0.273. The number of hydrogen-bond donors (Lipinski definition) is 2. The van der Waals surface area contributed by atoms with Gasteiger partial charge in [0.15, 0.2) is 5.13 Å². The molecule has 2 N–H and O–H groups in total. The van der Waals surface area contributed by atoms with Crippen LogP contribution in [0.2, 0.25) is 0 Å². The Bertz CT molecular complexity index is 1210. The highest BCUT2D eigenvalue weighted by molar-refractivity contribution is 7.89. The number of carbonyl (C=O) groups is 1. The van der Waals surface area contributed by atoms with Gasteiger partial charge in [-0.1, -0.05) is 12.5 Å². The zero-order chi connectivity index (χ0) is 22.6. The number of aromatic nitrogens is 2. The number of ether oxygens (including phenoxy) is 1. The van der Waals surface area contributed by atoms with E-state index in [2.05, 4.69) is 15.3 Å². The number of H-pyrrole nitrogens is 1. The minimum Gasteiger partial charge on any atom is -0.495 e. The highest BCUT2D eigenvalue weighted by Gasteiger charge is 2.29. The van der Waals surface area contributed by atoms with Crippen molar-refractivity contribution in [3.8, 4) is 17.1 Å². The number of nitrogens with one attached hydrogen (secondary N) is 2. The van der Waals surface area contributed by atoms with Crippen LogP contribution in [0, 0.1) is 0 Å². The second-order valence-electron chi connectivity index (χ2n) is 7.32. The number of nitrogens with zero attached hydrogens (tertiary/aromatic N) is 2. The normalized spacial score (nSPS) is 15.2. The molecular formula is C22H24N4O4S2. The lowest BCUT2D eigenvalue weighted by atomic mass is 10.2. The molecule has 0 unspecified atom stereocenters. The molecule has 0 radical (unpaired) electrons. The van der Waals surface area contributed by atoms with Gasteiger partial charge < -0.3 is 9.72 Å². The van der Waals surface area contributed by atoms with Crippen LogP contribution in [-0.4, -0.2) is 48.8 Å². The molecule has 1 amide bonds. The van der Waals surface area contributed by atoms with Crippen LogP contribution in [0.3, 0.4) is 0 Å². The van der Waals surface area contributed by atoms with Crippen molar-refractivity contribution in [1.82, 2.24) is 14.3 Å². The van der Waals surface area contributed by atoms with Gasteiger partial charge >= 0.3 is 0 Å². The molecule has 2 aromatic heterocycles. The third-order valence-corrected chi connectivity index (χ3v) is 7.83. The molecule has 3 heterocycles. The number of carbonyl (C=O) groups excluding carboxylic acids is 1. The molecule has 0 aliphatic carbocycles. The molecule has 32 heavy (non-hydrogen) atoms. The molecule has 0 atom stereocenters. The van der Waals surface area contributed by atoms with Gasteiger partial charge in [-0.25, -0.2) is 13.4 Å². The lowest BCUT2D eigenvalue weighted by molar-refractivity contribution is -0.111. The van der Waals surface area contributed by atoms with Crippen molar-refractivity contribution in [2.45, 2.75) is 24.2 Å². The molecule has 4 rings (SSSR count). The van der Waals surface area contributed by atoms with Crippen molar-refractivity contribution in [1.29, 1.82) is 0 Å². The quantitative estimate of drug-likeness (QED) is 0.506. The monoisotopic (exact) mass is 472 g/mol. The summed E-state index contributed by atoms with van der Waals surface area (Å²) in [6.45, 7) is 1.01. The van der Waals surface area contributed by atoms with Crippen LogP contribution < -0.4 is 10.1 Å². The van der Waals surface area contributed by atoms with Gasteiger partial charge in [0, 0.05) is 30.7 Å². The summed E-state index contributed by atoms with van der Waals surface area (Å²) in [5.41, 5.74) is 2.21. The van der Waals surface area contributed by atoms with Crippen LogP contribution in [0.5, 0.6) is 5.75 Å². The van der Waals surface area contributed by atoms with E-state index in [0.717, 1.165) is 30.7 Å². The summed E-state index contributed by atoms with van der Waals surface area (Å²) in [5.74, 6) is -0.0644. The van der Waals surface area contributed by atoms with Gasteiger partial charge in [-0.3, -0.25) is 10.1 Å². The van der Waals surface area contributed by atoms with Crippen LogP contribution >= 0.6 is 11.3 Å². The van der Waals surface area contributed by atoms with Gasteiger partial charge in [0.25, 0.3) is 0 Å². The summed E-state index contributed by atoms with van der Waals surface area (Å²) >= 11 is 1.33. The molecule has 1 saturated heterocycles. The second kappa shape index (κ2) is 9.68. The Morgan fingerprint density at radius 1 is 1.25 bits per heavy atom. The Labute approximate surface area is 191 Å². The summed E-state index contributed by atoms with van der Waals surface area (Å²) in [7, 11) is -2.22. The zero-order valence-electron chi connectivity index (χ0n) is 17.6. The first-order valence-electron chi connectivity index (χ1n) is 10.2. The van der Waals surface area contributed by atoms with Gasteiger partial charge in [0.2, 0.25) is 15.9 Å². The molecule has 0 bridgehead atoms. The molecule has 0 saturated carbocycles. The van der Waals surface area contributed by atoms with E-state index in [1.807, 2.05) is 23.7 Å². The van der Waals surface area contributed by atoms with Crippen molar-refractivity contribution >= 4 is 38.5 Å². The van der Waals surface area contributed by atoms with Gasteiger partial charge in [0.1, 0.15) is 10.6 Å². The van der Waals surface area contributed by atoms with Crippen LogP contribution in [0.1, 0.15) is 24.8 Å². The standard InChI is InChI=1S/C22H24N4O4S2/c1-30-19-9-7-16(14-20(19)32(28,29)26-12-3-2-4-13-26)8-10-21(27)25-22-24-18(15-31-22)17-6-5-11-23-17/h5-11,14-15,23H,2-4,12-13H2,1H3,(H,24,25,27)/b10-8+. The fourth-order valence-corrected chi connectivity index (χ4v) is 5.93. The first-order chi connectivity index (χ1) is 15.5. The number of rotatable bonds is 7. The van der Waals surface area contributed by atoms with E-state index >= 15 is 0 Å². The molecule has 168 valence electrons. The largest absolute Gasteiger partial charge is 0.495 e. The van der Waals surface area contributed by atoms with Crippen LogP contribution in [-0.2, 0) is 14.8 Å². The Balaban J connectivity index is 1.49. The fourth-order valence-electron chi connectivity index (χ4n) is 3.51. The average molecular weight is 473 g/mol. The first kappa shape index (κ1) is 22.3. The van der Waals surface area contributed by atoms with Gasteiger partial charge in [-0.15, -0.1) is 11.3 Å². The number of aromatic amines is 1. The number of methoxy groups -OCH3 is 1. The van der Waals surface area contributed by atoms with Crippen molar-refractivity contribution < 1.29 is 17.9 Å². The number of sulfonamides is 1. The highest BCUT2D eigenvalue weighted by Crippen LogP contribution is 2.30. The van der Waals surface area contributed by atoms with E-state index in [-0.39, 0.29) is 16.6 Å². The van der Waals surface area contributed by atoms with E-state index in [1.54, 1.807) is 24.3 Å². The Morgan fingerprint density at radius 3 is 2.78 bits per heavy atom. The van der Waals surface area contributed by atoms with E-state index in [4.69, 9.17) is 4.74 Å². The molecule has 3 aromatic rings. The third kappa shape index (κ3) is 4.93. The maximum atomic E-state index is 13.1. The highest BCUT2D eigenvalue weighted by atomic mass is 32.2. The summed E-state index contributed by atoms with van der Waals surface area (Å²) in [6, 6.07) is 8.64. The first-order valence-corrected chi connectivity index (χ1v) is 12.6. The number of hydrogen-bond acceptors (Lipinski definition) is 6. The van der Waals surface area contributed by atoms with Crippen molar-refractivity contribution in [2.75, 3.05) is 25.5 Å². The summed E-state index contributed by atoms with van der Waals surface area (Å²) < 4.78 is 33.1. The maximum absolute atomic E-state index is 13.1. The number of benzene rings is 1. The lowest BCUT2D eigenvalue weighted by Gasteiger charge is -2.26. The number of piperidine rings is 1. The number of thiazole rings is 1. The molecule has 0 spiro atoms. The summed E-state index contributed by atoms with van der Waals surface area (Å²) in [5, 5.41) is 5.06. The van der Waals surface area contributed by atoms with Gasteiger partial charge in [-0.2, -0.15) is 4.31 Å². The van der Waals surface area contributed by atoms with Crippen molar-refractivity contribution in [3.63, 3.8) is 0 Å². The lowest BCUT2D eigenvalue weighted by Crippen LogP contribution is -2.35. The molecule has 1 aliphatic rings. The maximum Gasteiger partial charge on any atom is 0.250 e. The third-order valence-electron chi connectivity index (χ3n) is 5.16. The Hall–Kier alpha value is -2.95. The van der Waals surface area contributed by atoms with E-state index in [0.29, 0.717) is 23.8 Å². The molecule has 1 aromatic carbocycles. The van der Waals surface area contributed by atoms with E-state index in [1.165, 1.54) is 28.8 Å². The molecular weight excluding hydrogens is 448 g/mol. The van der Waals surface area contributed by atoms with Crippen LogP contribution in [0.4, 0.5) is 5.13 Å².